The number of ether oxygens (including phenoxy) is 1. The molecule has 0 fully saturated rings. The fourth-order valence-corrected chi connectivity index (χ4v) is 2.15. The summed E-state index contributed by atoms with van der Waals surface area (Å²) in [6, 6.07) is 17.1. The molecule has 0 radical (unpaired) electrons. The van der Waals surface area contributed by atoms with E-state index in [4.69, 9.17) is 4.74 Å². The summed E-state index contributed by atoms with van der Waals surface area (Å²) in [4.78, 5) is 12.0. The van der Waals surface area contributed by atoms with Gasteiger partial charge < -0.3 is 10.1 Å². The minimum Gasteiger partial charge on any atom is -0.459 e. The van der Waals surface area contributed by atoms with Gasteiger partial charge >= 0.3 is 5.97 Å². The average molecular weight is 265 g/mol. The number of carbonyl (C=O) groups excluding carboxylic acids is 1. The van der Waals surface area contributed by atoms with Gasteiger partial charge in [-0.05, 0) is 17.2 Å². The van der Waals surface area contributed by atoms with Crippen LogP contribution in [0, 0.1) is 0 Å². The number of hydrogen-bond acceptors (Lipinski definition) is 3. The molecule has 0 spiro atoms. The van der Waals surface area contributed by atoms with Gasteiger partial charge in [0.15, 0.2) is 0 Å². The SMILES string of the molecule is O=C(OCc1ccccc1)C1C=Cc2ccccc2N1. The second-order valence-corrected chi connectivity index (χ2v) is 4.66. The summed E-state index contributed by atoms with van der Waals surface area (Å²) >= 11 is 0. The Kier molecular flexibility index (Phi) is 3.50. The summed E-state index contributed by atoms with van der Waals surface area (Å²) < 4.78 is 5.33. The third-order valence-corrected chi connectivity index (χ3v) is 3.22. The van der Waals surface area contributed by atoms with E-state index in [0.717, 1.165) is 16.8 Å². The van der Waals surface area contributed by atoms with Crippen molar-refractivity contribution in [3.8, 4) is 0 Å². The standard InChI is InChI=1S/C17H15NO2/c19-17(20-12-13-6-2-1-3-7-13)16-11-10-14-8-4-5-9-15(14)18-16/h1-11,16,18H,12H2. The van der Waals surface area contributed by atoms with Crippen molar-refractivity contribution in [2.75, 3.05) is 5.32 Å². The van der Waals surface area contributed by atoms with Crippen LogP contribution in [0.5, 0.6) is 0 Å². The molecule has 0 aliphatic carbocycles. The van der Waals surface area contributed by atoms with E-state index in [2.05, 4.69) is 5.32 Å². The predicted octanol–water partition coefficient (Wildman–Crippen LogP) is 3.24. The summed E-state index contributed by atoms with van der Waals surface area (Å²) in [5.41, 5.74) is 3.03. The molecule has 0 bridgehead atoms. The van der Waals surface area contributed by atoms with E-state index >= 15 is 0 Å². The highest BCUT2D eigenvalue weighted by molar-refractivity contribution is 5.87. The molecule has 0 amide bonds. The lowest BCUT2D eigenvalue weighted by Gasteiger charge is -2.20. The van der Waals surface area contributed by atoms with Gasteiger partial charge in [0, 0.05) is 5.69 Å². The number of nitrogens with one attached hydrogen (secondary N) is 1. The van der Waals surface area contributed by atoms with Crippen molar-refractivity contribution in [2.24, 2.45) is 0 Å². The number of rotatable bonds is 3. The van der Waals surface area contributed by atoms with Gasteiger partial charge in [0.05, 0.1) is 0 Å². The normalized spacial score (nSPS) is 16.1. The molecule has 2 aromatic carbocycles. The highest BCUT2D eigenvalue weighted by Crippen LogP contribution is 2.22. The number of anilines is 1. The van der Waals surface area contributed by atoms with Crippen LogP contribution in [-0.2, 0) is 16.1 Å². The minimum absolute atomic E-state index is 0.264. The lowest BCUT2D eigenvalue weighted by Crippen LogP contribution is -2.31. The topological polar surface area (TPSA) is 38.3 Å². The zero-order chi connectivity index (χ0) is 13.8. The van der Waals surface area contributed by atoms with Crippen LogP contribution < -0.4 is 5.32 Å². The number of fused-ring (bicyclic) bond motifs is 1. The number of hydrogen-bond donors (Lipinski definition) is 1. The molecule has 3 heteroatoms. The molecule has 1 heterocycles. The van der Waals surface area contributed by atoms with E-state index in [1.165, 1.54) is 0 Å². The lowest BCUT2D eigenvalue weighted by molar-refractivity contribution is -0.144. The van der Waals surface area contributed by atoms with Crippen LogP contribution in [-0.4, -0.2) is 12.0 Å². The molecule has 3 rings (SSSR count). The van der Waals surface area contributed by atoms with Crippen molar-refractivity contribution in [1.29, 1.82) is 0 Å². The van der Waals surface area contributed by atoms with Crippen LogP contribution in [0.1, 0.15) is 11.1 Å². The Morgan fingerprint density at radius 2 is 1.80 bits per heavy atom. The molecular weight excluding hydrogens is 250 g/mol. The van der Waals surface area contributed by atoms with Gasteiger partial charge in [-0.25, -0.2) is 4.79 Å². The molecule has 1 N–H and O–H groups in total. The summed E-state index contributed by atoms with van der Waals surface area (Å²) in [6.07, 6.45) is 3.77. The van der Waals surface area contributed by atoms with Crippen LogP contribution in [0.2, 0.25) is 0 Å². The van der Waals surface area contributed by atoms with Crippen molar-refractivity contribution in [3.63, 3.8) is 0 Å². The van der Waals surface area contributed by atoms with Crippen LogP contribution in [0.25, 0.3) is 6.08 Å². The fraction of sp³-hybridized carbons (Fsp3) is 0.118. The maximum Gasteiger partial charge on any atom is 0.332 e. The lowest BCUT2D eigenvalue weighted by atomic mass is 10.1. The van der Waals surface area contributed by atoms with Crippen molar-refractivity contribution in [3.05, 3.63) is 71.8 Å². The number of carbonyl (C=O) groups is 1. The summed E-state index contributed by atoms with van der Waals surface area (Å²) in [6.45, 7) is 0.299. The van der Waals surface area contributed by atoms with Gasteiger partial charge in [0.25, 0.3) is 0 Å². The third-order valence-electron chi connectivity index (χ3n) is 3.22. The zero-order valence-electron chi connectivity index (χ0n) is 11.0. The Morgan fingerprint density at radius 1 is 1.05 bits per heavy atom. The van der Waals surface area contributed by atoms with Gasteiger partial charge in [-0.1, -0.05) is 60.7 Å². The first kappa shape index (κ1) is 12.5. The highest BCUT2D eigenvalue weighted by Gasteiger charge is 2.20. The van der Waals surface area contributed by atoms with Crippen molar-refractivity contribution in [1.82, 2.24) is 0 Å². The van der Waals surface area contributed by atoms with E-state index in [1.807, 2.05) is 66.7 Å². The van der Waals surface area contributed by atoms with E-state index in [0.29, 0.717) is 6.61 Å². The Balaban J connectivity index is 1.62. The molecule has 0 saturated heterocycles. The van der Waals surface area contributed by atoms with E-state index < -0.39 is 6.04 Å². The molecule has 2 aromatic rings. The number of para-hydroxylation sites is 1. The van der Waals surface area contributed by atoms with Crippen molar-refractivity contribution >= 4 is 17.7 Å². The quantitative estimate of drug-likeness (QED) is 0.866. The van der Waals surface area contributed by atoms with Crippen LogP contribution in [0.4, 0.5) is 5.69 Å². The first-order valence-electron chi connectivity index (χ1n) is 6.57. The molecule has 3 nitrogen and oxygen atoms in total. The Bertz CT molecular complexity index is 634. The second-order valence-electron chi connectivity index (χ2n) is 4.66. The van der Waals surface area contributed by atoms with Gasteiger partial charge in [0.2, 0.25) is 0 Å². The predicted molar refractivity (Wildman–Crippen MR) is 79.1 cm³/mol. The minimum atomic E-state index is -0.423. The second kappa shape index (κ2) is 5.61. The monoisotopic (exact) mass is 265 g/mol. The van der Waals surface area contributed by atoms with Gasteiger partial charge in [-0.2, -0.15) is 0 Å². The van der Waals surface area contributed by atoms with Gasteiger partial charge in [-0.15, -0.1) is 0 Å². The van der Waals surface area contributed by atoms with E-state index in [9.17, 15) is 4.79 Å². The molecular formula is C17H15NO2. The number of esters is 1. The average Bonchev–Trinajstić information content (AvgIpc) is 2.53. The largest absolute Gasteiger partial charge is 0.459 e. The molecule has 1 aliphatic rings. The zero-order valence-corrected chi connectivity index (χ0v) is 11.0. The van der Waals surface area contributed by atoms with Crippen LogP contribution >= 0.6 is 0 Å². The maximum absolute atomic E-state index is 12.0. The summed E-state index contributed by atoms with van der Waals surface area (Å²) in [5.74, 6) is -0.264. The first-order valence-corrected chi connectivity index (χ1v) is 6.57. The van der Waals surface area contributed by atoms with E-state index in [-0.39, 0.29) is 5.97 Å². The van der Waals surface area contributed by atoms with Crippen molar-refractivity contribution < 1.29 is 9.53 Å². The molecule has 1 atom stereocenters. The number of benzene rings is 2. The third kappa shape index (κ3) is 2.72. The maximum atomic E-state index is 12.0. The Labute approximate surface area is 117 Å². The van der Waals surface area contributed by atoms with Gasteiger partial charge in [-0.3, -0.25) is 0 Å². The molecule has 0 saturated carbocycles. The first-order chi connectivity index (χ1) is 9.83. The molecule has 100 valence electrons. The molecule has 1 unspecified atom stereocenters. The molecule has 0 aromatic heterocycles. The summed E-state index contributed by atoms with van der Waals surface area (Å²) in [5, 5.41) is 3.17. The van der Waals surface area contributed by atoms with Gasteiger partial charge in [0.1, 0.15) is 12.6 Å². The summed E-state index contributed by atoms with van der Waals surface area (Å²) in [7, 11) is 0. The molecule has 1 aliphatic heterocycles. The Morgan fingerprint density at radius 3 is 2.65 bits per heavy atom. The molecule has 20 heavy (non-hydrogen) atoms. The van der Waals surface area contributed by atoms with Crippen LogP contribution in [0.15, 0.2) is 60.7 Å². The Hall–Kier alpha value is -2.55. The van der Waals surface area contributed by atoms with E-state index in [1.54, 1.807) is 0 Å². The van der Waals surface area contributed by atoms with Crippen molar-refractivity contribution in [2.45, 2.75) is 12.6 Å². The fourth-order valence-electron chi connectivity index (χ4n) is 2.15. The van der Waals surface area contributed by atoms with Crippen LogP contribution in [0.3, 0.4) is 0 Å². The highest BCUT2D eigenvalue weighted by atomic mass is 16.5. The smallest absolute Gasteiger partial charge is 0.332 e.